The molecule has 0 aliphatic carbocycles. The van der Waals surface area contributed by atoms with Gasteiger partial charge in [-0.05, 0) is 19.1 Å². The fourth-order valence-corrected chi connectivity index (χ4v) is 2.56. The third kappa shape index (κ3) is 2.34. The van der Waals surface area contributed by atoms with Crippen molar-refractivity contribution in [3.8, 4) is 11.3 Å². The van der Waals surface area contributed by atoms with E-state index in [1.54, 1.807) is 30.1 Å². The van der Waals surface area contributed by atoms with E-state index in [9.17, 15) is 0 Å². The number of nitrogens with two attached hydrogens (primary N) is 1. The number of thiazole rings is 1. The van der Waals surface area contributed by atoms with Crippen LogP contribution in [-0.4, -0.2) is 19.5 Å². The number of anilines is 1. The first kappa shape index (κ1) is 11.9. The van der Waals surface area contributed by atoms with Crippen LogP contribution in [0.15, 0.2) is 36.2 Å². The highest BCUT2D eigenvalue weighted by atomic mass is 32.1. The highest BCUT2D eigenvalue weighted by Gasteiger charge is 2.10. The van der Waals surface area contributed by atoms with Crippen LogP contribution in [0.5, 0.6) is 0 Å². The van der Waals surface area contributed by atoms with Crippen LogP contribution in [0.2, 0.25) is 0 Å². The number of nitrogen functional groups attached to an aromatic ring is 1. The number of hydrogen-bond acceptors (Lipinski definition) is 5. The van der Waals surface area contributed by atoms with Crippen LogP contribution in [0.3, 0.4) is 0 Å². The monoisotopic (exact) mass is 271 g/mol. The highest BCUT2D eigenvalue weighted by Crippen LogP contribution is 2.24. The maximum Gasteiger partial charge on any atom is 0.132 e. The van der Waals surface area contributed by atoms with Gasteiger partial charge in [-0.15, -0.1) is 11.3 Å². The average molecular weight is 271 g/mol. The van der Waals surface area contributed by atoms with Gasteiger partial charge in [-0.1, -0.05) is 0 Å². The molecule has 19 heavy (non-hydrogen) atoms. The Labute approximate surface area is 114 Å². The topological polar surface area (TPSA) is 69.6 Å². The van der Waals surface area contributed by atoms with Crippen LogP contribution in [0.25, 0.3) is 11.3 Å². The van der Waals surface area contributed by atoms with Crippen molar-refractivity contribution in [2.45, 2.75) is 13.5 Å². The molecule has 3 heterocycles. The number of nitrogens with zero attached hydrogens (tertiary/aromatic N) is 4. The Morgan fingerprint density at radius 2 is 2.32 bits per heavy atom. The molecular weight excluding hydrogens is 258 g/mol. The molecule has 0 unspecified atom stereocenters. The van der Waals surface area contributed by atoms with Gasteiger partial charge in [-0.25, -0.2) is 15.0 Å². The van der Waals surface area contributed by atoms with E-state index in [4.69, 9.17) is 5.73 Å². The Hall–Kier alpha value is -2.21. The van der Waals surface area contributed by atoms with Gasteiger partial charge in [0.25, 0.3) is 0 Å². The molecule has 0 bridgehead atoms. The summed E-state index contributed by atoms with van der Waals surface area (Å²) >= 11 is 1.65. The van der Waals surface area contributed by atoms with E-state index in [1.807, 2.05) is 23.6 Å². The summed E-state index contributed by atoms with van der Waals surface area (Å²) in [7, 11) is 0. The molecule has 3 aromatic rings. The number of aryl methyl sites for hydroxylation is 1. The van der Waals surface area contributed by atoms with Crippen LogP contribution in [0, 0.1) is 6.92 Å². The molecule has 96 valence electrons. The van der Waals surface area contributed by atoms with Gasteiger partial charge in [-0.2, -0.15) is 0 Å². The molecule has 3 rings (SSSR count). The third-order valence-electron chi connectivity index (χ3n) is 2.83. The largest absolute Gasteiger partial charge is 0.383 e. The van der Waals surface area contributed by atoms with Gasteiger partial charge in [0.2, 0.25) is 0 Å². The fourth-order valence-electron chi connectivity index (χ4n) is 1.96. The predicted octanol–water partition coefficient (Wildman–Crippen LogP) is 2.34. The molecule has 0 amide bonds. The zero-order valence-electron chi connectivity index (χ0n) is 10.4. The number of rotatable bonds is 3. The molecule has 0 aliphatic rings. The minimum absolute atomic E-state index is 0.513. The van der Waals surface area contributed by atoms with Gasteiger partial charge in [0.1, 0.15) is 5.82 Å². The second kappa shape index (κ2) is 4.81. The Bertz CT molecular complexity index is 700. The van der Waals surface area contributed by atoms with Crippen molar-refractivity contribution < 1.29 is 0 Å². The molecule has 3 aromatic heterocycles. The zero-order valence-corrected chi connectivity index (χ0v) is 11.3. The number of aromatic nitrogens is 4. The third-order valence-corrected chi connectivity index (χ3v) is 3.65. The predicted molar refractivity (Wildman–Crippen MR) is 75.8 cm³/mol. The normalized spacial score (nSPS) is 10.8. The first-order valence-electron chi connectivity index (χ1n) is 5.86. The SMILES string of the molecule is Cc1nc(Cn2cncc2-c2cccnc2N)cs1. The summed E-state index contributed by atoms with van der Waals surface area (Å²) in [5.74, 6) is 0.513. The van der Waals surface area contributed by atoms with E-state index in [1.165, 1.54) is 0 Å². The van der Waals surface area contributed by atoms with E-state index < -0.39 is 0 Å². The van der Waals surface area contributed by atoms with Crippen molar-refractivity contribution in [2.75, 3.05) is 5.73 Å². The summed E-state index contributed by atoms with van der Waals surface area (Å²) < 4.78 is 2.03. The molecular formula is C13H13N5S. The summed E-state index contributed by atoms with van der Waals surface area (Å²) in [6.45, 7) is 2.69. The second-order valence-electron chi connectivity index (χ2n) is 4.20. The minimum atomic E-state index is 0.513. The van der Waals surface area contributed by atoms with Crippen LogP contribution in [0.1, 0.15) is 10.7 Å². The van der Waals surface area contributed by atoms with Crippen LogP contribution in [-0.2, 0) is 6.54 Å². The number of pyridine rings is 1. The molecule has 2 N–H and O–H groups in total. The minimum Gasteiger partial charge on any atom is -0.383 e. The van der Waals surface area contributed by atoms with E-state index in [0.29, 0.717) is 12.4 Å². The van der Waals surface area contributed by atoms with E-state index in [-0.39, 0.29) is 0 Å². The summed E-state index contributed by atoms with van der Waals surface area (Å²) in [5.41, 5.74) is 8.79. The lowest BCUT2D eigenvalue weighted by Gasteiger charge is -2.08. The van der Waals surface area contributed by atoms with Gasteiger partial charge in [0, 0.05) is 17.1 Å². The Balaban J connectivity index is 1.97. The molecule has 0 atom stereocenters. The fraction of sp³-hybridized carbons (Fsp3) is 0.154. The standard InChI is InChI=1S/C13H13N5S/c1-9-17-10(7-19-9)6-18-8-15-5-12(18)11-3-2-4-16-13(11)14/h2-5,7-8H,6H2,1H3,(H2,14,16). The summed E-state index contributed by atoms with van der Waals surface area (Å²) in [5, 5.41) is 3.13. The lowest BCUT2D eigenvalue weighted by molar-refractivity contribution is 0.783. The molecule has 0 aliphatic heterocycles. The van der Waals surface area contributed by atoms with Gasteiger partial charge in [0.05, 0.1) is 35.5 Å². The van der Waals surface area contributed by atoms with Crippen molar-refractivity contribution in [3.63, 3.8) is 0 Å². The highest BCUT2D eigenvalue weighted by molar-refractivity contribution is 7.09. The lowest BCUT2D eigenvalue weighted by atomic mass is 10.2. The summed E-state index contributed by atoms with van der Waals surface area (Å²) in [4.78, 5) is 12.8. The summed E-state index contributed by atoms with van der Waals surface area (Å²) in [6.07, 6.45) is 5.27. The van der Waals surface area contributed by atoms with Crippen LogP contribution >= 0.6 is 11.3 Å². The zero-order chi connectivity index (χ0) is 13.2. The molecule has 0 spiro atoms. The second-order valence-corrected chi connectivity index (χ2v) is 5.26. The van der Waals surface area contributed by atoms with Crippen molar-refractivity contribution in [3.05, 3.63) is 46.9 Å². The van der Waals surface area contributed by atoms with Crippen LogP contribution in [0.4, 0.5) is 5.82 Å². The van der Waals surface area contributed by atoms with Crippen molar-refractivity contribution in [2.24, 2.45) is 0 Å². The van der Waals surface area contributed by atoms with E-state index in [2.05, 4.69) is 20.3 Å². The van der Waals surface area contributed by atoms with Crippen molar-refractivity contribution >= 4 is 17.2 Å². The van der Waals surface area contributed by atoms with E-state index >= 15 is 0 Å². The Morgan fingerprint density at radius 1 is 1.42 bits per heavy atom. The van der Waals surface area contributed by atoms with Crippen LogP contribution < -0.4 is 5.73 Å². The van der Waals surface area contributed by atoms with Gasteiger partial charge in [0.15, 0.2) is 0 Å². The van der Waals surface area contributed by atoms with Crippen molar-refractivity contribution in [1.82, 2.24) is 19.5 Å². The van der Waals surface area contributed by atoms with Gasteiger partial charge in [-0.3, -0.25) is 0 Å². The molecule has 0 fully saturated rings. The van der Waals surface area contributed by atoms with Gasteiger partial charge < -0.3 is 10.3 Å². The maximum atomic E-state index is 5.91. The lowest BCUT2D eigenvalue weighted by Crippen LogP contribution is -2.02. The quantitative estimate of drug-likeness (QED) is 0.793. The van der Waals surface area contributed by atoms with E-state index in [0.717, 1.165) is 22.0 Å². The first-order chi connectivity index (χ1) is 9.24. The maximum absolute atomic E-state index is 5.91. The molecule has 0 saturated heterocycles. The number of imidazole rings is 1. The summed E-state index contributed by atoms with van der Waals surface area (Å²) in [6, 6.07) is 3.82. The van der Waals surface area contributed by atoms with Gasteiger partial charge >= 0.3 is 0 Å². The smallest absolute Gasteiger partial charge is 0.132 e. The van der Waals surface area contributed by atoms with Crippen molar-refractivity contribution in [1.29, 1.82) is 0 Å². The average Bonchev–Trinajstić information content (AvgIpc) is 3.00. The Morgan fingerprint density at radius 3 is 3.05 bits per heavy atom. The Kier molecular flexibility index (Phi) is 3.00. The molecule has 0 radical (unpaired) electrons. The molecule has 6 heteroatoms. The first-order valence-corrected chi connectivity index (χ1v) is 6.74. The molecule has 5 nitrogen and oxygen atoms in total. The molecule has 0 saturated carbocycles. The molecule has 0 aromatic carbocycles. The number of hydrogen-bond donors (Lipinski definition) is 1.